The van der Waals surface area contributed by atoms with E-state index in [1.807, 2.05) is 45.0 Å². The Hall–Kier alpha value is -1.26. The largest absolute Gasteiger partial charge is 0.486 e. The molecule has 0 unspecified atom stereocenters. The van der Waals surface area contributed by atoms with Crippen LogP contribution in [-0.4, -0.2) is 18.1 Å². The number of nitrogens with two attached hydrogens (primary N) is 1. The van der Waals surface area contributed by atoms with Crippen molar-refractivity contribution in [1.29, 1.82) is 0 Å². The molecule has 1 aliphatic rings. The first-order valence-electron chi connectivity index (χ1n) is 8.62. The van der Waals surface area contributed by atoms with E-state index in [2.05, 4.69) is 5.32 Å². The van der Waals surface area contributed by atoms with Gasteiger partial charge < -0.3 is 15.8 Å². The maximum atomic E-state index is 12.5. The molecule has 3 N–H and O–H groups in total. The van der Waals surface area contributed by atoms with Crippen molar-refractivity contribution in [2.24, 2.45) is 11.1 Å². The minimum atomic E-state index is -0.303. The summed E-state index contributed by atoms with van der Waals surface area (Å²) in [7, 11) is 0. The number of amides is 1. The SMILES string of the molecule is CC(C)(C)Oc1ccccc1NC(=O)CC1(CN)CCCCC1.Cl. The van der Waals surface area contributed by atoms with Gasteiger partial charge in [0.25, 0.3) is 0 Å². The highest BCUT2D eigenvalue weighted by molar-refractivity contribution is 5.92. The number of carbonyl (C=O) groups is 1. The number of benzene rings is 1. The lowest BCUT2D eigenvalue weighted by molar-refractivity contribution is -0.118. The number of hydrogen-bond acceptors (Lipinski definition) is 3. The molecule has 1 aliphatic carbocycles. The molecule has 0 radical (unpaired) electrons. The molecular weight excluding hydrogens is 324 g/mol. The van der Waals surface area contributed by atoms with E-state index >= 15 is 0 Å². The molecule has 1 amide bonds. The van der Waals surface area contributed by atoms with Gasteiger partial charge in [-0.15, -0.1) is 12.4 Å². The fourth-order valence-electron chi connectivity index (χ4n) is 3.28. The standard InChI is InChI=1S/C19H30N2O2.ClH/c1-18(2,3)23-16-10-6-5-9-15(16)21-17(22)13-19(14-20)11-7-4-8-12-19;/h5-6,9-10H,4,7-8,11-14,20H2,1-3H3,(H,21,22);1H. The predicted octanol–water partition coefficient (Wildman–Crippen LogP) is 4.52. The normalized spacial score (nSPS) is 16.8. The molecular formula is C19H31ClN2O2. The van der Waals surface area contributed by atoms with E-state index < -0.39 is 0 Å². The average Bonchev–Trinajstić information content (AvgIpc) is 2.49. The number of hydrogen-bond donors (Lipinski definition) is 2. The van der Waals surface area contributed by atoms with Crippen LogP contribution in [0.15, 0.2) is 24.3 Å². The molecule has 1 aromatic carbocycles. The fourth-order valence-corrected chi connectivity index (χ4v) is 3.28. The van der Waals surface area contributed by atoms with Gasteiger partial charge in [-0.3, -0.25) is 4.79 Å². The molecule has 0 saturated heterocycles. The van der Waals surface area contributed by atoms with Crippen molar-refractivity contribution in [3.8, 4) is 5.75 Å². The highest BCUT2D eigenvalue weighted by Gasteiger charge is 2.33. The molecule has 0 heterocycles. The lowest BCUT2D eigenvalue weighted by Crippen LogP contribution is -2.36. The summed E-state index contributed by atoms with van der Waals surface area (Å²) in [6, 6.07) is 7.60. The topological polar surface area (TPSA) is 64.3 Å². The van der Waals surface area contributed by atoms with Gasteiger partial charge in [0.05, 0.1) is 5.69 Å². The lowest BCUT2D eigenvalue weighted by atomic mass is 9.71. The summed E-state index contributed by atoms with van der Waals surface area (Å²) in [5, 5.41) is 3.02. The molecule has 2 rings (SSSR count). The molecule has 5 heteroatoms. The van der Waals surface area contributed by atoms with Gasteiger partial charge in [-0.05, 0) is 57.7 Å². The number of nitrogens with one attached hydrogen (secondary N) is 1. The van der Waals surface area contributed by atoms with Crippen LogP contribution < -0.4 is 15.8 Å². The van der Waals surface area contributed by atoms with Crippen molar-refractivity contribution in [2.45, 2.75) is 64.9 Å². The summed E-state index contributed by atoms with van der Waals surface area (Å²) < 4.78 is 5.94. The van der Waals surface area contributed by atoms with Crippen molar-refractivity contribution in [1.82, 2.24) is 0 Å². The molecule has 0 aromatic heterocycles. The van der Waals surface area contributed by atoms with E-state index in [4.69, 9.17) is 10.5 Å². The Kier molecular flexibility index (Phi) is 7.56. The number of halogens is 1. The molecule has 0 atom stereocenters. The van der Waals surface area contributed by atoms with Gasteiger partial charge in [-0.1, -0.05) is 31.4 Å². The molecule has 0 aliphatic heterocycles. The van der Waals surface area contributed by atoms with Crippen LogP contribution in [0, 0.1) is 5.41 Å². The first-order chi connectivity index (χ1) is 10.8. The predicted molar refractivity (Wildman–Crippen MR) is 102 cm³/mol. The Morgan fingerprint density at radius 1 is 1.21 bits per heavy atom. The molecule has 1 saturated carbocycles. The summed E-state index contributed by atoms with van der Waals surface area (Å²) in [4.78, 5) is 12.5. The first kappa shape index (κ1) is 20.8. The van der Waals surface area contributed by atoms with Gasteiger partial charge in [0.15, 0.2) is 0 Å². The quantitative estimate of drug-likeness (QED) is 0.816. The second kappa shape index (κ2) is 8.72. The van der Waals surface area contributed by atoms with Gasteiger partial charge in [0.2, 0.25) is 5.91 Å². The molecule has 1 aromatic rings. The minimum absolute atomic E-state index is 0. The summed E-state index contributed by atoms with van der Waals surface area (Å²) in [6.07, 6.45) is 6.20. The van der Waals surface area contributed by atoms with Crippen molar-refractivity contribution >= 4 is 24.0 Å². The van der Waals surface area contributed by atoms with Crippen molar-refractivity contribution in [3.05, 3.63) is 24.3 Å². The van der Waals surface area contributed by atoms with Crippen molar-refractivity contribution in [3.63, 3.8) is 0 Å². The Morgan fingerprint density at radius 3 is 2.42 bits per heavy atom. The molecule has 1 fully saturated rings. The van der Waals surface area contributed by atoms with Crippen molar-refractivity contribution in [2.75, 3.05) is 11.9 Å². The maximum absolute atomic E-state index is 12.5. The highest BCUT2D eigenvalue weighted by Crippen LogP contribution is 2.39. The van der Waals surface area contributed by atoms with Crippen LogP contribution in [0.25, 0.3) is 0 Å². The molecule has 0 spiro atoms. The van der Waals surface area contributed by atoms with Gasteiger partial charge in [0.1, 0.15) is 11.4 Å². The van der Waals surface area contributed by atoms with E-state index in [9.17, 15) is 4.79 Å². The van der Waals surface area contributed by atoms with Crippen LogP contribution in [0.1, 0.15) is 59.3 Å². The number of rotatable bonds is 5. The molecule has 4 nitrogen and oxygen atoms in total. The van der Waals surface area contributed by atoms with Crippen LogP contribution in [0.3, 0.4) is 0 Å². The fraction of sp³-hybridized carbons (Fsp3) is 0.632. The van der Waals surface area contributed by atoms with Crippen LogP contribution in [0.4, 0.5) is 5.69 Å². The Balaban J connectivity index is 0.00000288. The zero-order valence-electron chi connectivity index (χ0n) is 15.1. The third kappa shape index (κ3) is 5.99. The van der Waals surface area contributed by atoms with Crippen LogP contribution in [0.5, 0.6) is 5.75 Å². The second-order valence-corrected chi connectivity index (χ2v) is 7.70. The lowest BCUT2D eigenvalue weighted by Gasteiger charge is -2.35. The zero-order chi connectivity index (χ0) is 16.9. The maximum Gasteiger partial charge on any atom is 0.225 e. The van der Waals surface area contributed by atoms with Crippen LogP contribution in [-0.2, 0) is 4.79 Å². The van der Waals surface area contributed by atoms with Crippen LogP contribution >= 0.6 is 12.4 Å². The number of anilines is 1. The number of carbonyl (C=O) groups excluding carboxylic acids is 1. The number of para-hydroxylation sites is 2. The zero-order valence-corrected chi connectivity index (χ0v) is 15.9. The monoisotopic (exact) mass is 354 g/mol. The highest BCUT2D eigenvalue weighted by atomic mass is 35.5. The average molecular weight is 355 g/mol. The Bertz CT molecular complexity index is 534. The molecule has 0 bridgehead atoms. The Morgan fingerprint density at radius 2 is 1.83 bits per heavy atom. The van der Waals surface area contributed by atoms with Gasteiger partial charge in [-0.25, -0.2) is 0 Å². The van der Waals surface area contributed by atoms with E-state index in [0.29, 0.717) is 18.7 Å². The number of ether oxygens (including phenoxy) is 1. The van der Waals surface area contributed by atoms with E-state index in [-0.39, 0.29) is 29.3 Å². The van der Waals surface area contributed by atoms with E-state index in [1.165, 1.54) is 19.3 Å². The van der Waals surface area contributed by atoms with Gasteiger partial charge in [-0.2, -0.15) is 0 Å². The Labute approximate surface area is 151 Å². The minimum Gasteiger partial charge on any atom is -0.486 e. The van der Waals surface area contributed by atoms with Crippen molar-refractivity contribution < 1.29 is 9.53 Å². The third-order valence-electron chi connectivity index (χ3n) is 4.46. The molecule has 24 heavy (non-hydrogen) atoms. The summed E-state index contributed by atoms with van der Waals surface area (Å²) in [6.45, 7) is 6.58. The molecule has 136 valence electrons. The first-order valence-corrected chi connectivity index (χ1v) is 8.62. The third-order valence-corrected chi connectivity index (χ3v) is 4.46. The van der Waals surface area contributed by atoms with E-state index in [1.54, 1.807) is 0 Å². The summed E-state index contributed by atoms with van der Waals surface area (Å²) in [5.41, 5.74) is 6.39. The van der Waals surface area contributed by atoms with Crippen LogP contribution in [0.2, 0.25) is 0 Å². The van der Waals surface area contributed by atoms with Gasteiger partial charge in [0, 0.05) is 6.42 Å². The second-order valence-electron chi connectivity index (χ2n) is 7.70. The van der Waals surface area contributed by atoms with E-state index in [0.717, 1.165) is 18.5 Å². The van der Waals surface area contributed by atoms with Gasteiger partial charge >= 0.3 is 0 Å². The smallest absolute Gasteiger partial charge is 0.225 e. The summed E-state index contributed by atoms with van der Waals surface area (Å²) >= 11 is 0. The summed E-state index contributed by atoms with van der Waals surface area (Å²) in [5.74, 6) is 0.737.